The number of halogens is 3. The fourth-order valence-electron chi connectivity index (χ4n) is 3.25. The number of nitrogens with zero attached hydrogens (tertiary/aromatic N) is 4. The van der Waals surface area contributed by atoms with Crippen molar-refractivity contribution in [3.63, 3.8) is 0 Å². The second-order valence-corrected chi connectivity index (χ2v) is 6.56. The SMILES string of the molecule is CCNC(=NCCCn1ccnc1)NC1CCN(c2c(F)cccc2F)C1.I. The van der Waals surface area contributed by atoms with E-state index in [2.05, 4.69) is 20.6 Å². The number of aryl methyl sites for hydroxylation is 1. The van der Waals surface area contributed by atoms with Crippen LogP contribution in [0.15, 0.2) is 41.9 Å². The molecule has 2 heterocycles. The van der Waals surface area contributed by atoms with Crippen molar-refractivity contribution >= 4 is 35.6 Å². The van der Waals surface area contributed by atoms with Gasteiger partial charge in [-0.05, 0) is 31.9 Å². The van der Waals surface area contributed by atoms with E-state index in [-0.39, 0.29) is 35.7 Å². The van der Waals surface area contributed by atoms with E-state index in [9.17, 15) is 8.78 Å². The molecule has 2 N–H and O–H groups in total. The number of nitrogens with one attached hydrogen (secondary N) is 2. The fourth-order valence-corrected chi connectivity index (χ4v) is 3.25. The molecule has 1 aromatic heterocycles. The van der Waals surface area contributed by atoms with Gasteiger partial charge in [-0.15, -0.1) is 24.0 Å². The van der Waals surface area contributed by atoms with Crippen LogP contribution in [-0.4, -0.2) is 47.7 Å². The molecule has 0 amide bonds. The number of rotatable bonds is 7. The van der Waals surface area contributed by atoms with Crippen molar-refractivity contribution in [1.29, 1.82) is 0 Å². The summed E-state index contributed by atoms with van der Waals surface area (Å²) in [5.74, 6) is -0.296. The number of para-hydroxylation sites is 1. The molecule has 2 aromatic rings. The van der Waals surface area contributed by atoms with Crippen LogP contribution in [0.5, 0.6) is 0 Å². The van der Waals surface area contributed by atoms with Crippen LogP contribution in [0.3, 0.4) is 0 Å². The van der Waals surface area contributed by atoms with Gasteiger partial charge in [0.2, 0.25) is 0 Å². The number of anilines is 1. The Morgan fingerprint density at radius 1 is 1.32 bits per heavy atom. The zero-order valence-electron chi connectivity index (χ0n) is 15.9. The first-order chi connectivity index (χ1) is 13.2. The van der Waals surface area contributed by atoms with Crippen LogP contribution >= 0.6 is 24.0 Å². The van der Waals surface area contributed by atoms with Gasteiger partial charge in [0.15, 0.2) is 5.96 Å². The maximum absolute atomic E-state index is 14.0. The molecule has 0 spiro atoms. The van der Waals surface area contributed by atoms with E-state index in [4.69, 9.17) is 0 Å². The van der Waals surface area contributed by atoms with Gasteiger partial charge in [0.05, 0.1) is 6.33 Å². The molecular weight excluding hydrogens is 477 g/mol. The predicted molar refractivity (Wildman–Crippen MR) is 118 cm³/mol. The Morgan fingerprint density at radius 3 is 2.79 bits per heavy atom. The van der Waals surface area contributed by atoms with Crippen molar-refractivity contribution in [3.8, 4) is 0 Å². The van der Waals surface area contributed by atoms with E-state index in [0.29, 0.717) is 19.6 Å². The summed E-state index contributed by atoms with van der Waals surface area (Å²) in [4.78, 5) is 10.4. The van der Waals surface area contributed by atoms with Gasteiger partial charge in [-0.3, -0.25) is 4.99 Å². The monoisotopic (exact) mass is 504 g/mol. The molecule has 28 heavy (non-hydrogen) atoms. The number of aliphatic imine (C=N–C) groups is 1. The van der Waals surface area contributed by atoms with Crippen LogP contribution in [0, 0.1) is 11.6 Å². The molecule has 9 heteroatoms. The third kappa shape index (κ3) is 6.05. The Bertz CT molecular complexity index is 733. The Morgan fingerprint density at radius 2 is 2.11 bits per heavy atom. The Hall–Kier alpha value is -1.91. The second kappa shape index (κ2) is 11.2. The molecule has 1 saturated heterocycles. The van der Waals surface area contributed by atoms with Crippen molar-refractivity contribution in [3.05, 3.63) is 48.6 Å². The number of imidazole rings is 1. The molecule has 1 atom stereocenters. The largest absolute Gasteiger partial charge is 0.365 e. The van der Waals surface area contributed by atoms with Gasteiger partial charge < -0.3 is 20.1 Å². The summed E-state index contributed by atoms with van der Waals surface area (Å²) in [5, 5.41) is 6.62. The van der Waals surface area contributed by atoms with Crippen molar-refractivity contribution in [1.82, 2.24) is 20.2 Å². The van der Waals surface area contributed by atoms with Gasteiger partial charge in [0, 0.05) is 51.2 Å². The Labute approximate surface area is 181 Å². The highest BCUT2D eigenvalue weighted by molar-refractivity contribution is 14.0. The fraction of sp³-hybridized carbons (Fsp3) is 0.474. The standard InChI is InChI=1S/C19H26F2N6.HI/c1-2-23-19(24-8-4-10-26-12-9-22-14-26)25-15-7-11-27(13-15)18-16(20)5-3-6-17(18)21;/h3,5-6,9,12,14-15H,2,4,7-8,10-11,13H2,1H3,(H2,23,24,25);1H. The lowest BCUT2D eigenvalue weighted by molar-refractivity contribution is 0.575. The molecule has 0 radical (unpaired) electrons. The van der Waals surface area contributed by atoms with E-state index in [0.717, 1.165) is 31.9 Å². The topological polar surface area (TPSA) is 57.5 Å². The van der Waals surface area contributed by atoms with Crippen molar-refractivity contribution < 1.29 is 8.78 Å². The van der Waals surface area contributed by atoms with E-state index in [1.54, 1.807) is 17.4 Å². The van der Waals surface area contributed by atoms with Gasteiger partial charge in [0.1, 0.15) is 17.3 Å². The maximum atomic E-state index is 14.0. The maximum Gasteiger partial charge on any atom is 0.191 e. The molecule has 1 aliphatic rings. The molecule has 0 aliphatic carbocycles. The third-order valence-corrected chi connectivity index (χ3v) is 4.53. The van der Waals surface area contributed by atoms with Crippen LogP contribution < -0.4 is 15.5 Å². The van der Waals surface area contributed by atoms with Crippen LogP contribution in [0.4, 0.5) is 14.5 Å². The minimum atomic E-state index is -0.518. The Kier molecular flexibility index (Phi) is 8.94. The van der Waals surface area contributed by atoms with Crippen molar-refractivity contribution in [2.24, 2.45) is 4.99 Å². The molecule has 1 aliphatic heterocycles. The molecule has 154 valence electrons. The predicted octanol–water partition coefficient (Wildman–Crippen LogP) is 3.00. The average Bonchev–Trinajstić information content (AvgIpc) is 3.31. The highest BCUT2D eigenvalue weighted by Crippen LogP contribution is 2.26. The highest BCUT2D eigenvalue weighted by Gasteiger charge is 2.27. The summed E-state index contributed by atoms with van der Waals surface area (Å²) < 4.78 is 30.0. The lowest BCUT2D eigenvalue weighted by Crippen LogP contribution is -2.44. The lowest BCUT2D eigenvalue weighted by Gasteiger charge is -2.21. The first-order valence-electron chi connectivity index (χ1n) is 9.37. The van der Waals surface area contributed by atoms with Crippen molar-refractivity contribution in [2.45, 2.75) is 32.4 Å². The van der Waals surface area contributed by atoms with Gasteiger partial charge in [-0.25, -0.2) is 13.8 Å². The zero-order chi connectivity index (χ0) is 19.1. The van der Waals surface area contributed by atoms with Gasteiger partial charge in [-0.1, -0.05) is 6.07 Å². The number of hydrogen-bond donors (Lipinski definition) is 2. The molecule has 1 fully saturated rings. The summed E-state index contributed by atoms with van der Waals surface area (Å²) in [6.07, 6.45) is 7.20. The molecule has 1 aromatic carbocycles. The average molecular weight is 504 g/mol. The summed E-state index contributed by atoms with van der Waals surface area (Å²) in [6.45, 7) is 5.47. The Balaban J connectivity index is 0.00000280. The third-order valence-electron chi connectivity index (χ3n) is 4.53. The number of aromatic nitrogens is 2. The molecule has 0 bridgehead atoms. The smallest absolute Gasteiger partial charge is 0.191 e. The molecule has 1 unspecified atom stereocenters. The minimum absolute atomic E-state index is 0. The van der Waals surface area contributed by atoms with Crippen molar-refractivity contribution in [2.75, 3.05) is 31.1 Å². The van der Waals surface area contributed by atoms with Crippen LogP contribution in [0.2, 0.25) is 0 Å². The normalized spacial score (nSPS) is 16.8. The van der Waals surface area contributed by atoms with E-state index < -0.39 is 11.6 Å². The number of guanidine groups is 1. The van der Waals surface area contributed by atoms with Crippen LogP contribution in [-0.2, 0) is 6.54 Å². The summed E-state index contributed by atoms with van der Waals surface area (Å²) in [5.41, 5.74) is 0.0593. The minimum Gasteiger partial charge on any atom is -0.365 e. The van der Waals surface area contributed by atoms with E-state index in [1.807, 2.05) is 17.7 Å². The van der Waals surface area contributed by atoms with Gasteiger partial charge >= 0.3 is 0 Å². The molecule has 3 rings (SSSR count). The van der Waals surface area contributed by atoms with Gasteiger partial charge in [-0.2, -0.15) is 0 Å². The summed E-state index contributed by atoms with van der Waals surface area (Å²) in [6, 6.07) is 4.07. The molecule has 6 nitrogen and oxygen atoms in total. The van der Waals surface area contributed by atoms with E-state index >= 15 is 0 Å². The molecular formula is C19H27F2IN6. The van der Waals surface area contributed by atoms with E-state index in [1.165, 1.54) is 18.2 Å². The summed E-state index contributed by atoms with van der Waals surface area (Å²) in [7, 11) is 0. The number of benzene rings is 1. The van der Waals surface area contributed by atoms with Crippen LogP contribution in [0.25, 0.3) is 0 Å². The highest BCUT2D eigenvalue weighted by atomic mass is 127. The first-order valence-corrected chi connectivity index (χ1v) is 9.37. The lowest BCUT2D eigenvalue weighted by atomic mass is 10.2. The second-order valence-electron chi connectivity index (χ2n) is 6.56. The van der Waals surface area contributed by atoms with Gasteiger partial charge in [0.25, 0.3) is 0 Å². The van der Waals surface area contributed by atoms with Crippen LogP contribution in [0.1, 0.15) is 19.8 Å². The summed E-state index contributed by atoms with van der Waals surface area (Å²) >= 11 is 0. The first kappa shape index (κ1) is 22.4. The number of hydrogen-bond acceptors (Lipinski definition) is 3. The quantitative estimate of drug-likeness (QED) is 0.264. The zero-order valence-corrected chi connectivity index (χ0v) is 18.3. The molecule has 0 saturated carbocycles.